The van der Waals surface area contributed by atoms with Crippen molar-refractivity contribution in [1.29, 1.82) is 0 Å². The number of aromatic nitrogens is 1. The molecule has 1 aliphatic carbocycles. The van der Waals surface area contributed by atoms with Gasteiger partial charge in [-0.15, -0.1) is 0 Å². The van der Waals surface area contributed by atoms with Gasteiger partial charge in [-0.1, -0.05) is 182 Å². The minimum absolute atomic E-state index is 0.484. The van der Waals surface area contributed by atoms with E-state index in [1.54, 1.807) is 0 Å². The van der Waals surface area contributed by atoms with Crippen LogP contribution in [0.4, 0.5) is 0 Å². The highest BCUT2D eigenvalue weighted by Gasteiger charge is 2.51. The Kier molecular flexibility index (Phi) is 6.21. The third-order valence-electron chi connectivity index (χ3n) is 11.2. The van der Waals surface area contributed by atoms with Crippen molar-refractivity contribution in [3.63, 3.8) is 0 Å². The highest BCUT2D eigenvalue weighted by molar-refractivity contribution is 7.79. The SMILES string of the molecule is c1ccc(P(c2ccccc2)c2ccc(-c3cccc4c3C3(c5ccccc5-4)c4ccccc4-n4c5ccccc5c5cccc3c54)cc2)cc1. The van der Waals surface area contributed by atoms with Crippen LogP contribution in [-0.4, -0.2) is 4.57 Å². The van der Waals surface area contributed by atoms with Crippen molar-refractivity contribution < 1.29 is 0 Å². The van der Waals surface area contributed by atoms with Crippen LogP contribution in [0.5, 0.6) is 0 Å². The van der Waals surface area contributed by atoms with Gasteiger partial charge in [0.1, 0.15) is 0 Å². The summed E-state index contributed by atoms with van der Waals surface area (Å²) >= 11 is 0. The molecule has 9 aromatic rings. The molecule has 1 atom stereocenters. The molecule has 2 heteroatoms. The molecule has 51 heavy (non-hydrogen) atoms. The van der Waals surface area contributed by atoms with Gasteiger partial charge >= 0.3 is 0 Å². The Bertz CT molecular complexity index is 2760. The van der Waals surface area contributed by atoms with Gasteiger partial charge in [0.05, 0.1) is 22.1 Å². The lowest BCUT2D eigenvalue weighted by molar-refractivity contribution is 0.750. The molecule has 1 unspecified atom stereocenters. The number of para-hydroxylation sites is 3. The van der Waals surface area contributed by atoms with Crippen molar-refractivity contribution in [2.45, 2.75) is 5.41 Å². The standard InChI is InChI=1S/C49H32NP/c1-3-15-34(16-4-1)51(35-17-5-2-6-18-35)36-31-29-33(30-32-36)37-21-13-22-40-38-19-7-9-24-42(38)49(47(37)40)43-25-10-12-28-46(43)50-45-27-11-8-20-39(45)41-23-14-26-44(49)48(41)50/h1-32H. The predicted octanol–water partition coefficient (Wildman–Crippen LogP) is 10.9. The van der Waals surface area contributed by atoms with Crippen LogP contribution >= 0.6 is 7.92 Å². The van der Waals surface area contributed by atoms with Crippen LogP contribution in [0.25, 0.3) is 49.7 Å². The molecule has 0 N–H and O–H groups in total. The van der Waals surface area contributed by atoms with E-state index >= 15 is 0 Å². The highest BCUT2D eigenvalue weighted by atomic mass is 31.1. The number of hydrogen-bond acceptors (Lipinski definition) is 0. The summed E-state index contributed by atoms with van der Waals surface area (Å²) in [5, 5.41) is 6.69. The van der Waals surface area contributed by atoms with E-state index in [0.29, 0.717) is 0 Å². The molecule has 238 valence electrons. The van der Waals surface area contributed by atoms with E-state index in [2.05, 4.69) is 199 Å². The van der Waals surface area contributed by atoms with E-state index < -0.39 is 13.3 Å². The van der Waals surface area contributed by atoms with Crippen LogP contribution in [0.1, 0.15) is 22.3 Å². The lowest BCUT2D eigenvalue weighted by atomic mass is 9.64. The van der Waals surface area contributed by atoms with Crippen LogP contribution in [0.2, 0.25) is 0 Å². The first-order chi connectivity index (χ1) is 25.3. The fourth-order valence-electron chi connectivity index (χ4n) is 9.25. The zero-order valence-corrected chi connectivity index (χ0v) is 28.8. The van der Waals surface area contributed by atoms with Crippen molar-refractivity contribution in [1.82, 2.24) is 4.57 Å². The molecule has 0 saturated carbocycles. The first kappa shape index (κ1) is 28.8. The van der Waals surface area contributed by atoms with Crippen molar-refractivity contribution in [2.75, 3.05) is 0 Å². The summed E-state index contributed by atoms with van der Waals surface area (Å²) in [5.41, 5.74) is 13.9. The number of benzene rings is 8. The first-order valence-electron chi connectivity index (χ1n) is 17.7. The Morgan fingerprint density at radius 2 is 0.922 bits per heavy atom. The molecular formula is C49H32NP. The third kappa shape index (κ3) is 3.90. The van der Waals surface area contributed by atoms with Gasteiger partial charge in [0, 0.05) is 10.8 Å². The van der Waals surface area contributed by atoms with E-state index in [-0.39, 0.29) is 0 Å². The van der Waals surface area contributed by atoms with Crippen LogP contribution < -0.4 is 15.9 Å². The first-order valence-corrected chi connectivity index (χ1v) is 19.0. The van der Waals surface area contributed by atoms with E-state index in [1.807, 2.05) is 0 Å². The van der Waals surface area contributed by atoms with E-state index in [4.69, 9.17) is 0 Å². The molecule has 1 aliphatic heterocycles. The maximum atomic E-state index is 2.52. The Morgan fingerprint density at radius 1 is 0.373 bits per heavy atom. The van der Waals surface area contributed by atoms with Gasteiger partial charge in [-0.25, -0.2) is 0 Å². The van der Waals surface area contributed by atoms with Gasteiger partial charge in [-0.05, 0) is 80.5 Å². The highest BCUT2D eigenvalue weighted by Crippen LogP contribution is 2.62. The van der Waals surface area contributed by atoms with Crippen molar-refractivity contribution >= 4 is 45.6 Å². The molecule has 1 aromatic heterocycles. The molecule has 8 aromatic carbocycles. The number of fused-ring (bicyclic) bond motifs is 12. The molecule has 1 nitrogen and oxygen atoms in total. The Hall–Kier alpha value is -6.01. The zero-order chi connectivity index (χ0) is 33.5. The van der Waals surface area contributed by atoms with Gasteiger partial charge in [0.15, 0.2) is 0 Å². The normalized spacial score (nSPS) is 15.3. The average molecular weight is 666 g/mol. The van der Waals surface area contributed by atoms with Crippen LogP contribution in [-0.2, 0) is 5.41 Å². The summed E-state index contributed by atoms with van der Waals surface area (Å²) < 4.78 is 2.52. The topological polar surface area (TPSA) is 4.93 Å². The minimum Gasteiger partial charge on any atom is -0.309 e. The molecule has 0 bridgehead atoms. The molecule has 2 heterocycles. The Balaban J connectivity index is 1.19. The second-order valence-electron chi connectivity index (χ2n) is 13.6. The average Bonchev–Trinajstić information content (AvgIpc) is 3.70. The maximum absolute atomic E-state index is 2.52. The summed E-state index contributed by atoms with van der Waals surface area (Å²) in [7, 11) is -0.688. The van der Waals surface area contributed by atoms with Crippen LogP contribution in [0.15, 0.2) is 194 Å². The Labute approximate surface area is 298 Å². The summed E-state index contributed by atoms with van der Waals surface area (Å²) in [5.74, 6) is 0. The molecule has 2 aliphatic rings. The molecule has 1 spiro atoms. The zero-order valence-electron chi connectivity index (χ0n) is 27.9. The molecule has 11 rings (SSSR count). The fourth-order valence-corrected chi connectivity index (χ4v) is 11.5. The lowest BCUT2D eigenvalue weighted by Crippen LogP contribution is -2.34. The Morgan fingerprint density at radius 3 is 1.71 bits per heavy atom. The van der Waals surface area contributed by atoms with Crippen LogP contribution in [0, 0.1) is 0 Å². The molecule has 0 saturated heterocycles. The van der Waals surface area contributed by atoms with Gasteiger partial charge in [0.2, 0.25) is 0 Å². The predicted molar refractivity (Wildman–Crippen MR) is 216 cm³/mol. The van der Waals surface area contributed by atoms with Crippen molar-refractivity contribution in [3.05, 3.63) is 216 Å². The number of rotatable bonds is 4. The largest absolute Gasteiger partial charge is 0.309 e. The molecule has 0 fully saturated rings. The van der Waals surface area contributed by atoms with Crippen LogP contribution in [0.3, 0.4) is 0 Å². The lowest BCUT2D eigenvalue weighted by Gasteiger charge is -2.40. The fraction of sp³-hybridized carbons (Fsp3) is 0.0204. The summed E-state index contributed by atoms with van der Waals surface area (Å²) in [6.07, 6.45) is 0. The smallest absolute Gasteiger partial charge is 0.0760 e. The van der Waals surface area contributed by atoms with E-state index in [1.165, 1.54) is 87.9 Å². The monoisotopic (exact) mass is 665 g/mol. The van der Waals surface area contributed by atoms with E-state index in [9.17, 15) is 0 Å². The minimum atomic E-state index is -0.688. The van der Waals surface area contributed by atoms with Crippen molar-refractivity contribution in [2.24, 2.45) is 0 Å². The number of hydrogen-bond donors (Lipinski definition) is 0. The molecule has 0 amide bonds. The third-order valence-corrected chi connectivity index (χ3v) is 13.6. The van der Waals surface area contributed by atoms with Crippen molar-refractivity contribution in [3.8, 4) is 27.9 Å². The molecular weight excluding hydrogens is 634 g/mol. The van der Waals surface area contributed by atoms with Gasteiger partial charge in [0.25, 0.3) is 0 Å². The summed E-state index contributed by atoms with van der Waals surface area (Å²) in [6, 6.07) is 72.5. The van der Waals surface area contributed by atoms with Gasteiger partial charge in [-0.3, -0.25) is 0 Å². The molecule has 0 radical (unpaired) electrons. The quantitative estimate of drug-likeness (QED) is 0.165. The summed E-state index contributed by atoms with van der Waals surface area (Å²) in [4.78, 5) is 0. The van der Waals surface area contributed by atoms with Gasteiger partial charge in [-0.2, -0.15) is 0 Å². The van der Waals surface area contributed by atoms with E-state index in [0.717, 1.165) is 0 Å². The summed E-state index contributed by atoms with van der Waals surface area (Å²) in [6.45, 7) is 0. The second-order valence-corrected chi connectivity index (χ2v) is 15.9. The number of nitrogens with zero attached hydrogens (tertiary/aromatic N) is 1. The second kappa shape index (κ2) is 11.0. The van der Waals surface area contributed by atoms with Gasteiger partial charge < -0.3 is 4.57 Å². The maximum Gasteiger partial charge on any atom is 0.0760 e.